The molecule has 0 unspecified atom stereocenters. The zero-order valence-corrected chi connectivity index (χ0v) is 13.0. The van der Waals surface area contributed by atoms with Gasteiger partial charge >= 0.3 is 0 Å². The van der Waals surface area contributed by atoms with Crippen molar-refractivity contribution in [2.75, 3.05) is 6.54 Å². The molecule has 2 rings (SSSR count). The maximum absolute atomic E-state index is 3.53. The van der Waals surface area contributed by atoms with Gasteiger partial charge in [0.05, 0.1) is 0 Å². The maximum Gasteiger partial charge on any atom is 0.0351 e. The van der Waals surface area contributed by atoms with Crippen LogP contribution in [-0.2, 0) is 6.54 Å². The molecule has 0 aromatic carbocycles. The number of nitrogens with one attached hydrogen (secondary N) is 1. The van der Waals surface area contributed by atoms with Crippen LogP contribution in [0.25, 0.3) is 10.4 Å². The van der Waals surface area contributed by atoms with Crippen molar-refractivity contribution in [3.05, 3.63) is 33.8 Å². The van der Waals surface area contributed by atoms with E-state index in [4.69, 9.17) is 0 Å². The van der Waals surface area contributed by atoms with Gasteiger partial charge in [-0.3, -0.25) is 0 Å². The first-order chi connectivity index (χ1) is 8.54. The lowest BCUT2D eigenvalue weighted by Gasteiger charge is -2.17. The summed E-state index contributed by atoms with van der Waals surface area (Å²) in [6.45, 7) is 8.94. The summed E-state index contributed by atoms with van der Waals surface area (Å²) < 4.78 is 0. The van der Waals surface area contributed by atoms with Crippen molar-refractivity contribution >= 4 is 22.7 Å². The average molecular weight is 279 g/mol. The molecule has 1 N–H and O–H groups in total. The van der Waals surface area contributed by atoms with Crippen molar-refractivity contribution in [2.24, 2.45) is 5.41 Å². The Morgan fingerprint density at radius 3 is 2.72 bits per heavy atom. The first kappa shape index (κ1) is 13.8. The smallest absolute Gasteiger partial charge is 0.0351 e. The van der Waals surface area contributed by atoms with Crippen molar-refractivity contribution in [2.45, 2.75) is 33.7 Å². The van der Waals surface area contributed by atoms with Gasteiger partial charge in [-0.25, -0.2) is 0 Å². The van der Waals surface area contributed by atoms with Crippen LogP contribution in [0.5, 0.6) is 0 Å². The first-order valence-electron chi connectivity index (χ1n) is 6.37. The van der Waals surface area contributed by atoms with E-state index < -0.39 is 0 Å². The molecular formula is C15H21NS2. The molecule has 2 aromatic heterocycles. The molecular weight excluding hydrogens is 258 g/mol. The van der Waals surface area contributed by atoms with E-state index in [0.29, 0.717) is 5.41 Å². The number of hydrogen-bond acceptors (Lipinski definition) is 3. The van der Waals surface area contributed by atoms with E-state index in [1.54, 1.807) is 0 Å². The minimum absolute atomic E-state index is 0.421. The highest BCUT2D eigenvalue weighted by atomic mass is 32.1. The van der Waals surface area contributed by atoms with Crippen LogP contribution >= 0.6 is 22.7 Å². The number of thiophene rings is 2. The molecule has 1 nitrogen and oxygen atoms in total. The van der Waals surface area contributed by atoms with Crippen LogP contribution in [0.4, 0.5) is 0 Å². The third kappa shape index (κ3) is 4.23. The Balaban J connectivity index is 1.81. The highest BCUT2D eigenvalue weighted by Crippen LogP contribution is 2.29. The first-order valence-corrected chi connectivity index (χ1v) is 8.12. The average Bonchev–Trinajstić information content (AvgIpc) is 2.93. The Kier molecular flexibility index (Phi) is 4.60. The second-order valence-corrected chi connectivity index (χ2v) is 7.71. The van der Waals surface area contributed by atoms with E-state index in [9.17, 15) is 0 Å². The molecule has 2 heterocycles. The fraction of sp³-hybridized carbons (Fsp3) is 0.467. The summed E-state index contributed by atoms with van der Waals surface area (Å²) in [7, 11) is 0. The van der Waals surface area contributed by atoms with Crippen LogP contribution < -0.4 is 5.32 Å². The predicted molar refractivity (Wildman–Crippen MR) is 83.4 cm³/mol. The summed E-state index contributed by atoms with van der Waals surface area (Å²) in [5.74, 6) is 0. The molecule has 2 aromatic rings. The summed E-state index contributed by atoms with van der Waals surface area (Å²) in [5.41, 5.74) is 1.78. The van der Waals surface area contributed by atoms with Gasteiger partial charge in [0.2, 0.25) is 0 Å². The van der Waals surface area contributed by atoms with Crippen molar-refractivity contribution in [1.82, 2.24) is 5.32 Å². The van der Waals surface area contributed by atoms with Gasteiger partial charge in [0.25, 0.3) is 0 Å². The minimum Gasteiger partial charge on any atom is -0.312 e. The Bertz CT molecular complexity index is 463. The summed E-state index contributed by atoms with van der Waals surface area (Å²) in [6, 6.07) is 6.60. The standard InChI is InChI=1S/C15H21NS2/c1-15(2,3)6-7-16-10-13-9-12(11-18-13)14-5-4-8-17-14/h4-5,8-9,11,16H,6-7,10H2,1-3H3. The van der Waals surface area contributed by atoms with Gasteiger partial charge in [0.1, 0.15) is 0 Å². The second kappa shape index (κ2) is 6.00. The molecule has 3 heteroatoms. The van der Waals surface area contributed by atoms with E-state index in [1.807, 2.05) is 22.7 Å². The Morgan fingerprint density at radius 1 is 1.22 bits per heavy atom. The van der Waals surface area contributed by atoms with E-state index >= 15 is 0 Å². The van der Waals surface area contributed by atoms with Gasteiger partial charge in [0.15, 0.2) is 0 Å². The minimum atomic E-state index is 0.421. The quantitative estimate of drug-likeness (QED) is 0.759. The molecule has 0 spiro atoms. The Hall–Kier alpha value is -0.640. The van der Waals surface area contributed by atoms with E-state index in [2.05, 4.69) is 55.0 Å². The zero-order chi connectivity index (χ0) is 13.0. The zero-order valence-electron chi connectivity index (χ0n) is 11.3. The lowest BCUT2D eigenvalue weighted by atomic mass is 9.92. The van der Waals surface area contributed by atoms with E-state index in [1.165, 1.54) is 21.7 Å². The highest BCUT2D eigenvalue weighted by Gasteiger charge is 2.09. The van der Waals surface area contributed by atoms with Gasteiger partial charge in [-0.1, -0.05) is 26.8 Å². The predicted octanol–water partition coefficient (Wildman–Crippen LogP) is 5.00. The van der Waals surface area contributed by atoms with Gasteiger partial charge in [0, 0.05) is 21.9 Å². The van der Waals surface area contributed by atoms with Gasteiger partial charge in [-0.2, -0.15) is 0 Å². The largest absolute Gasteiger partial charge is 0.312 e. The fourth-order valence-corrected chi connectivity index (χ4v) is 3.36. The molecule has 0 saturated carbocycles. The maximum atomic E-state index is 3.53. The summed E-state index contributed by atoms with van der Waals surface area (Å²) in [4.78, 5) is 2.79. The lowest BCUT2D eigenvalue weighted by molar-refractivity contribution is 0.367. The summed E-state index contributed by atoms with van der Waals surface area (Å²) in [5, 5.41) is 7.92. The normalized spacial score (nSPS) is 11.9. The van der Waals surface area contributed by atoms with E-state index in [0.717, 1.165) is 13.1 Å². The fourth-order valence-electron chi connectivity index (χ4n) is 1.72. The van der Waals surface area contributed by atoms with Gasteiger partial charge in [-0.15, -0.1) is 22.7 Å². The SMILES string of the molecule is CC(C)(C)CCNCc1cc(-c2cccs2)cs1. The molecule has 0 bridgehead atoms. The molecule has 0 aliphatic carbocycles. The van der Waals surface area contributed by atoms with Crippen molar-refractivity contribution in [1.29, 1.82) is 0 Å². The van der Waals surface area contributed by atoms with Crippen molar-refractivity contribution in [3.63, 3.8) is 0 Å². The third-order valence-electron chi connectivity index (χ3n) is 2.81. The molecule has 0 atom stereocenters. The topological polar surface area (TPSA) is 12.0 Å². The number of rotatable bonds is 5. The number of hydrogen-bond donors (Lipinski definition) is 1. The monoisotopic (exact) mass is 279 g/mol. The van der Waals surface area contributed by atoms with Crippen LogP contribution in [-0.4, -0.2) is 6.54 Å². The van der Waals surface area contributed by atoms with Crippen LogP contribution in [0, 0.1) is 5.41 Å². The molecule has 18 heavy (non-hydrogen) atoms. The molecule has 0 fully saturated rings. The Labute approximate surface area is 118 Å². The molecule has 0 aliphatic rings. The lowest BCUT2D eigenvalue weighted by Crippen LogP contribution is -2.19. The van der Waals surface area contributed by atoms with Gasteiger partial charge < -0.3 is 5.32 Å². The van der Waals surface area contributed by atoms with E-state index in [-0.39, 0.29) is 0 Å². The molecule has 0 radical (unpaired) electrons. The molecule has 0 amide bonds. The third-order valence-corrected chi connectivity index (χ3v) is 4.67. The van der Waals surface area contributed by atoms with Crippen molar-refractivity contribution in [3.8, 4) is 10.4 Å². The van der Waals surface area contributed by atoms with Crippen LogP contribution in [0.2, 0.25) is 0 Å². The van der Waals surface area contributed by atoms with Crippen molar-refractivity contribution < 1.29 is 0 Å². The summed E-state index contributed by atoms with van der Waals surface area (Å²) >= 11 is 3.66. The summed E-state index contributed by atoms with van der Waals surface area (Å²) in [6.07, 6.45) is 1.22. The Morgan fingerprint density at radius 2 is 2.06 bits per heavy atom. The van der Waals surface area contributed by atoms with Crippen LogP contribution in [0.3, 0.4) is 0 Å². The second-order valence-electron chi connectivity index (χ2n) is 5.77. The van der Waals surface area contributed by atoms with Crippen LogP contribution in [0.15, 0.2) is 29.0 Å². The molecule has 0 aliphatic heterocycles. The molecule has 0 saturated heterocycles. The highest BCUT2D eigenvalue weighted by molar-refractivity contribution is 7.14. The van der Waals surface area contributed by atoms with Gasteiger partial charge in [-0.05, 0) is 41.3 Å². The molecule has 98 valence electrons. The van der Waals surface area contributed by atoms with Crippen LogP contribution in [0.1, 0.15) is 32.1 Å².